The van der Waals surface area contributed by atoms with Crippen LogP contribution in [0.4, 0.5) is 0 Å². The molecule has 0 radical (unpaired) electrons. The lowest BCUT2D eigenvalue weighted by atomic mass is 9.71. The number of hydrogen-bond acceptors (Lipinski definition) is 3. The molecule has 1 saturated carbocycles. The van der Waals surface area contributed by atoms with E-state index in [-0.39, 0.29) is 11.6 Å². The van der Waals surface area contributed by atoms with Crippen molar-refractivity contribution in [3.05, 3.63) is 41.3 Å². The Morgan fingerprint density at radius 3 is 2.58 bits per heavy atom. The van der Waals surface area contributed by atoms with Gasteiger partial charge in [0.05, 0.1) is 10.3 Å². The van der Waals surface area contributed by atoms with E-state index in [1.807, 2.05) is 36.4 Å². The van der Waals surface area contributed by atoms with Crippen LogP contribution in [0.2, 0.25) is 0 Å². The second-order valence-corrected chi connectivity index (χ2v) is 6.34. The van der Waals surface area contributed by atoms with Gasteiger partial charge >= 0.3 is 0 Å². The van der Waals surface area contributed by atoms with Crippen LogP contribution in [0.5, 0.6) is 0 Å². The zero-order chi connectivity index (χ0) is 13.3. The average Bonchev–Trinajstić information content (AvgIpc) is 2.74. The molecular weight excluding hydrogens is 256 g/mol. The minimum Gasteiger partial charge on any atom is -0.299 e. The molecule has 1 aromatic rings. The maximum absolute atomic E-state index is 12.6. The first-order valence-corrected chi connectivity index (χ1v) is 7.55. The van der Waals surface area contributed by atoms with E-state index >= 15 is 0 Å². The molecule has 0 saturated heterocycles. The molecule has 98 valence electrons. The fourth-order valence-electron chi connectivity index (χ4n) is 2.94. The average molecular weight is 272 g/mol. The van der Waals surface area contributed by atoms with Crippen molar-refractivity contribution in [2.24, 2.45) is 5.41 Å². The summed E-state index contributed by atoms with van der Waals surface area (Å²) in [6.07, 6.45) is 5.82. The Bertz CT molecular complexity index is 547. The van der Waals surface area contributed by atoms with Crippen molar-refractivity contribution in [2.75, 3.05) is 0 Å². The molecule has 19 heavy (non-hydrogen) atoms. The van der Waals surface area contributed by atoms with Crippen LogP contribution in [-0.4, -0.2) is 11.6 Å². The van der Waals surface area contributed by atoms with Crippen LogP contribution in [0, 0.1) is 5.41 Å². The molecule has 2 aliphatic rings. The Balaban J connectivity index is 1.80. The number of carbonyl (C=O) groups is 2. The minimum absolute atomic E-state index is 0.0612. The Labute approximate surface area is 117 Å². The van der Waals surface area contributed by atoms with Gasteiger partial charge in [0.25, 0.3) is 0 Å². The van der Waals surface area contributed by atoms with E-state index in [0.717, 1.165) is 29.1 Å². The van der Waals surface area contributed by atoms with E-state index < -0.39 is 5.41 Å². The number of hydrogen-bond donors (Lipinski definition) is 0. The second-order valence-electron chi connectivity index (χ2n) is 5.23. The Morgan fingerprint density at radius 1 is 1.05 bits per heavy atom. The number of ketones is 2. The standard InChI is InChI=1S/C16H16O2S/c17-14-8-4-5-10-16(14)11-9-13(15(16)18)19-12-6-2-1-3-7-12/h1-3,6-7,9H,4-5,8,10-11H2/t16-/m1/s1. The van der Waals surface area contributed by atoms with Gasteiger partial charge < -0.3 is 0 Å². The molecule has 3 heteroatoms. The Kier molecular flexibility index (Phi) is 3.31. The molecule has 0 amide bonds. The van der Waals surface area contributed by atoms with Crippen LogP contribution < -0.4 is 0 Å². The highest BCUT2D eigenvalue weighted by molar-refractivity contribution is 8.04. The van der Waals surface area contributed by atoms with E-state index in [1.54, 1.807) is 0 Å². The van der Waals surface area contributed by atoms with Gasteiger partial charge in [0.15, 0.2) is 5.78 Å². The molecule has 0 bridgehead atoms. The highest BCUT2D eigenvalue weighted by atomic mass is 32.2. The molecule has 1 aromatic carbocycles. The summed E-state index contributed by atoms with van der Waals surface area (Å²) in [5.74, 6) is 0.217. The molecule has 1 atom stereocenters. The molecule has 3 rings (SSSR count). The summed E-state index contributed by atoms with van der Waals surface area (Å²) in [6, 6.07) is 9.87. The van der Waals surface area contributed by atoms with E-state index in [9.17, 15) is 9.59 Å². The molecule has 0 aliphatic heterocycles. The van der Waals surface area contributed by atoms with Crippen molar-refractivity contribution in [3.8, 4) is 0 Å². The maximum Gasteiger partial charge on any atom is 0.183 e. The zero-order valence-corrected chi connectivity index (χ0v) is 11.5. The van der Waals surface area contributed by atoms with Crippen molar-refractivity contribution in [3.63, 3.8) is 0 Å². The number of carbonyl (C=O) groups excluding carboxylic acids is 2. The lowest BCUT2D eigenvalue weighted by Gasteiger charge is -2.30. The summed E-state index contributed by atoms with van der Waals surface area (Å²) in [6.45, 7) is 0. The first-order valence-electron chi connectivity index (χ1n) is 6.73. The third kappa shape index (κ3) is 2.16. The summed E-state index contributed by atoms with van der Waals surface area (Å²) >= 11 is 1.49. The Hall–Kier alpha value is -1.35. The van der Waals surface area contributed by atoms with E-state index in [2.05, 4.69) is 0 Å². The smallest absolute Gasteiger partial charge is 0.183 e. The normalized spacial score (nSPS) is 26.8. The van der Waals surface area contributed by atoms with Gasteiger partial charge in [-0.3, -0.25) is 9.59 Å². The zero-order valence-electron chi connectivity index (χ0n) is 10.7. The van der Waals surface area contributed by atoms with Crippen molar-refractivity contribution in [1.82, 2.24) is 0 Å². The highest BCUT2D eigenvalue weighted by Crippen LogP contribution is 2.47. The van der Waals surface area contributed by atoms with Gasteiger partial charge in [0.2, 0.25) is 0 Å². The minimum atomic E-state index is -0.699. The van der Waals surface area contributed by atoms with Crippen LogP contribution in [-0.2, 0) is 9.59 Å². The summed E-state index contributed by atoms with van der Waals surface area (Å²) in [5.41, 5.74) is -0.699. The van der Waals surface area contributed by atoms with Crippen LogP contribution in [0.1, 0.15) is 32.1 Å². The van der Waals surface area contributed by atoms with Crippen molar-refractivity contribution >= 4 is 23.3 Å². The Morgan fingerprint density at radius 2 is 1.84 bits per heavy atom. The van der Waals surface area contributed by atoms with Crippen molar-refractivity contribution < 1.29 is 9.59 Å². The highest BCUT2D eigenvalue weighted by Gasteiger charge is 2.49. The molecule has 2 nitrogen and oxygen atoms in total. The SMILES string of the molecule is O=C1CCCC[C@@]12CC=C(Sc1ccccc1)C2=O. The van der Waals surface area contributed by atoms with Crippen LogP contribution in [0.3, 0.4) is 0 Å². The summed E-state index contributed by atoms with van der Waals surface area (Å²) in [5, 5.41) is 0. The van der Waals surface area contributed by atoms with Gasteiger partial charge in [-0.05, 0) is 31.4 Å². The lowest BCUT2D eigenvalue weighted by molar-refractivity contribution is -0.139. The number of thioether (sulfide) groups is 1. The van der Waals surface area contributed by atoms with Gasteiger partial charge in [0, 0.05) is 11.3 Å². The molecule has 0 N–H and O–H groups in total. The first kappa shape index (κ1) is 12.7. The fourth-order valence-corrected chi connectivity index (χ4v) is 3.94. The lowest BCUT2D eigenvalue weighted by Crippen LogP contribution is -2.38. The quantitative estimate of drug-likeness (QED) is 0.769. The number of rotatable bonds is 2. The molecule has 2 aliphatic carbocycles. The molecule has 0 aromatic heterocycles. The fraction of sp³-hybridized carbons (Fsp3) is 0.375. The van der Waals surface area contributed by atoms with Crippen molar-refractivity contribution in [2.45, 2.75) is 37.0 Å². The van der Waals surface area contributed by atoms with Gasteiger partial charge in [-0.25, -0.2) is 0 Å². The van der Waals surface area contributed by atoms with Crippen LogP contribution in [0.25, 0.3) is 0 Å². The predicted octanol–water partition coefficient (Wildman–Crippen LogP) is 3.76. The number of benzene rings is 1. The maximum atomic E-state index is 12.6. The largest absolute Gasteiger partial charge is 0.299 e. The molecule has 0 heterocycles. The van der Waals surface area contributed by atoms with Gasteiger partial charge in [-0.2, -0.15) is 0 Å². The third-order valence-corrected chi connectivity index (χ3v) is 5.14. The van der Waals surface area contributed by atoms with E-state index in [1.165, 1.54) is 11.8 Å². The summed E-state index contributed by atoms with van der Waals surface area (Å²) in [4.78, 5) is 26.6. The predicted molar refractivity (Wildman–Crippen MR) is 75.9 cm³/mol. The van der Waals surface area contributed by atoms with Crippen molar-refractivity contribution in [1.29, 1.82) is 0 Å². The third-order valence-electron chi connectivity index (χ3n) is 4.06. The first-order chi connectivity index (χ1) is 9.22. The molecule has 0 unspecified atom stereocenters. The molecule has 1 fully saturated rings. The van der Waals surface area contributed by atoms with Gasteiger partial charge in [-0.1, -0.05) is 42.5 Å². The van der Waals surface area contributed by atoms with Crippen LogP contribution in [0.15, 0.2) is 46.2 Å². The van der Waals surface area contributed by atoms with E-state index in [0.29, 0.717) is 12.8 Å². The van der Waals surface area contributed by atoms with Crippen LogP contribution >= 0.6 is 11.8 Å². The second kappa shape index (κ2) is 4.97. The summed E-state index contributed by atoms with van der Waals surface area (Å²) < 4.78 is 0. The number of Topliss-reactive ketones (excluding diaryl/α,β-unsaturated/α-hetero) is 2. The topological polar surface area (TPSA) is 34.1 Å². The summed E-state index contributed by atoms with van der Waals surface area (Å²) in [7, 11) is 0. The van der Waals surface area contributed by atoms with Gasteiger partial charge in [0.1, 0.15) is 5.78 Å². The molecular formula is C16H16O2S. The number of allylic oxidation sites excluding steroid dienone is 2. The molecule has 1 spiro atoms. The van der Waals surface area contributed by atoms with E-state index in [4.69, 9.17) is 0 Å². The van der Waals surface area contributed by atoms with Gasteiger partial charge in [-0.15, -0.1) is 0 Å². The monoisotopic (exact) mass is 272 g/mol.